The highest BCUT2D eigenvalue weighted by Crippen LogP contribution is 2.48. The Balaban J connectivity index is 0.863. The zero-order valence-corrected chi connectivity index (χ0v) is 30.8. The van der Waals surface area contributed by atoms with Crippen molar-refractivity contribution in [3.05, 3.63) is 204 Å². The van der Waals surface area contributed by atoms with Crippen molar-refractivity contribution < 1.29 is 4.74 Å². The summed E-state index contributed by atoms with van der Waals surface area (Å²) < 4.78 is 8.82. The first-order valence-electron chi connectivity index (χ1n) is 18.9. The SMILES string of the molecule is NC1=C(SCc2ccc(-c3ccc4c(c3)c3ccccc3n4-c3ccccc3)cc2)C=CC2Oc3ccc(-c4cc5ccccc5c5ccccc45)cc3C12. The largest absolute Gasteiger partial charge is 0.485 e. The van der Waals surface area contributed by atoms with Crippen LogP contribution < -0.4 is 10.5 Å². The van der Waals surface area contributed by atoms with E-state index in [0.717, 1.165) is 27.7 Å². The average Bonchev–Trinajstić information content (AvgIpc) is 3.79. The highest BCUT2D eigenvalue weighted by molar-refractivity contribution is 8.02. The number of rotatable bonds is 6. The lowest BCUT2D eigenvalue weighted by Gasteiger charge is -2.23. The monoisotopic (exact) mass is 724 g/mol. The summed E-state index contributed by atoms with van der Waals surface area (Å²) in [7, 11) is 0. The fraction of sp³-hybridized carbons (Fsp3) is 0.0588. The summed E-state index contributed by atoms with van der Waals surface area (Å²) in [5, 5.41) is 7.56. The van der Waals surface area contributed by atoms with Crippen LogP contribution in [0.25, 0.3) is 71.3 Å². The van der Waals surface area contributed by atoms with Crippen LogP contribution in [0.3, 0.4) is 0 Å². The van der Waals surface area contributed by atoms with Gasteiger partial charge in [0.2, 0.25) is 0 Å². The number of fused-ring (bicyclic) bond motifs is 9. The van der Waals surface area contributed by atoms with Crippen LogP contribution in [0.4, 0.5) is 0 Å². The van der Waals surface area contributed by atoms with E-state index < -0.39 is 0 Å². The van der Waals surface area contributed by atoms with E-state index in [1.807, 2.05) is 0 Å². The number of aromatic nitrogens is 1. The molecule has 9 aromatic rings. The molecule has 2 N–H and O–H groups in total. The molecular formula is C51H36N2OS. The predicted octanol–water partition coefficient (Wildman–Crippen LogP) is 12.9. The summed E-state index contributed by atoms with van der Waals surface area (Å²) in [5.41, 5.74) is 18.8. The van der Waals surface area contributed by atoms with Crippen molar-refractivity contribution in [3.63, 3.8) is 0 Å². The maximum absolute atomic E-state index is 7.05. The molecule has 2 heterocycles. The molecule has 0 radical (unpaired) electrons. The van der Waals surface area contributed by atoms with Crippen LogP contribution in [0.1, 0.15) is 17.0 Å². The van der Waals surface area contributed by atoms with Crippen LogP contribution >= 0.6 is 11.8 Å². The van der Waals surface area contributed by atoms with Crippen LogP contribution in [0, 0.1) is 0 Å². The quantitative estimate of drug-likeness (QED) is 0.174. The Bertz CT molecular complexity index is 3030. The van der Waals surface area contributed by atoms with Crippen molar-refractivity contribution in [3.8, 4) is 33.7 Å². The van der Waals surface area contributed by atoms with Gasteiger partial charge >= 0.3 is 0 Å². The van der Waals surface area contributed by atoms with Gasteiger partial charge in [0.25, 0.3) is 0 Å². The molecule has 1 aliphatic carbocycles. The van der Waals surface area contributed by atoms with Crippen LogP contribution in [0.5, 0.6) is 5.75 Å². The van der Waals surface area contributed by atoms with E-state index in [4.69, 9.17) is 10.5 Å². The van der Waals surface area contributed by atoms with Gasteiger partial charge in [0, 0.05) is 38.4 Å². The fourth-order valence-corrected chi connectivity index (χ4v) is 9.75. The van der Waals surface area contributed by atoms with E-state index in [2.05, 4.69) is 187 Å². The molecule has 3 nitrogen and oxygen atoms in total. The number of nitrogens with zero attached hydrogens (tertiary/aromatic N) is 1. The molecule has 0 saturated carbocycles. The van der Waals surface area contributed by atoms with E-state index >= 15 is 0 Å². The van der Waals surface area contributed by atoms with Crippen molar-refractivity contribution in [2.45, 2.75) is 17.8 Å². The van der Waals surface area contributed by atoms with E-state index in [9.17, 15) is 0 Å². The Hall–Kier alpha value is -6.49. The molecule has 0 saturated heterocycles. The number of nitrogens with two attached hydrogens (primary N) is 1. The first-order valence-corrected chi connectivity index (χ1v) is 19.9. The second-order valence-corrected chi connectivity index (χ2v) is 15.6. The Morgan fingerprint density at radius 1 is 0.564 bits per heavy atom. The molecule has 11 rings (SSSR count). The molecule has 0 spiro atoms. The minimum absolute atomic E-state index is 0.0145. The smallest absolute Gasteiger partial charge is 0.130 e. The lowest BCUT2D eigenvalue weighted by Crippen LogP contribution is -2.25. The van der Waals surface area contributed by atoms with Gasteiger partial charge in [-0.25, -0.2) is 0 Å². The van der Waals surface area contributed by atoms with Crippen LogP contribution in [0.15, 0.2) is 193 Å². The normalized spacial score (nSPS) is 16.2. The van der Waals surface area contributed by atoms with E-state index in [1.165, 1.54) is 76.9 Å². The van der Waals surface area contributed by atoms with Crippen LogP contribution in [0.2, 0.25) is 0 Å². The van der Waals surface area contributed by atoms with Crippen molar-refractivity contribution in [1.29, 1.82) is 0 Å². The lowest BCUT2D eigenvalue weighted by atomic mass is 9.86. The minimum atomic E-state index is -0.0960. The van der Waals surface area contributed by atoms with Gasteiger partial charge in [-0.2, -0.15) is 0 Å². The second kappa shape index (κ2) is 12.8. The van der Waals surface area contributed by atoms with Gasteiger partial charge in [-0.3, -0.25) is 0 Å². The molecule has 0 bridgehead atoms. The first kappa shape index (κ1) is 32.0. The second-order valence-electron chi connectivity index (χ2n) is 14.6. The number of benzene rings is 8. The molecule has 2 atom stereocenters. The summed E-state index contributed by atoms with van der Waals surface area (Å²) >= 11 is 1.80. The van der Waals surface area contributed by atoms with Crippen molar-refractivity contribution >= 4 is 55.1 Å². The third-order valence-electron chi connectivity index (χ3n) is 11.4. The third-order valence-corrected chi connectivity index (χ3v) is 12.6. The molecule has 8 aromatic carbocycles. The van der Waals surface area contributed by atoms with Crippen molar-refractivity contribution in [2.75, 3.05) is 0 Å². The molecule has 0 fully saturated rings. The number of hydrogen-bond donors (Lipinski definition) is 1. The summed E-state index contributed by atoms with van der Waals surface area (Å²) in [4.78, 5) is 1.11. The molecule has 1 aliphatic heterocycles. The van der Waals surface area contributed by atoms with Gasteiger partial charge in [-0.15, -0.1) is 11.8 Å². The Labute approximate surface area is 324 Å². The maximum Gasteiger partial charge on any atom is 0.130 e. The van der Waals surface area contributed by atoms with Crippen molar-refractivity contribution in [1.82, 2.24) is 4.57 Å². The summed E-state index contributed by atoms with van der Waals surface area (Å²) in [6, 6.07) is 61.4. The first-order chi connectivity index (χ1) is 27.2. The highest BCUT2D eigenvalue weighted by atomic mass is 32.2. The number of para-hydroxylation sites is 2. The molecule has 262 valence electrons. The van der Waals surface area contributed by atoms with Gasteiger partial charge in [-0.1, -0.05) is 121 Å². The van der Waals surface area contributed by atoms with Crippen LogP contribution in [-0.2, 0) is 5.75 Å². The summed E-state index contributed by atoms with van der Waals surface area (Å²) in [6.45, 7) is 0. The van der Waals surface area contributed by atoms with Crippen LogP contribution in [-0.4, -0.2) is 10.7 Å². The topological polar surface area (TPSA) is 40.2 Å². The molecule has 2 aliphatic rings. The van der Waals surface area contributed by atoms with Gasteiger partial charge in [0.15, 0.2) is 0 Å². The van der Waals surface area contributed by atoms with Gasteiger partial charge in [-0.05, 0) is 110 Å². The van der Waals surface area contributed by atoms with Gasteiger partial charge in [0.1, 0.15) is 11.9 Å². The highest BCUT2D eigenvalue weighted by Gasteiger charge is 2.38. The summed E-state index contributed by atoms with van der Waals surface area (Å²) in [6.07, 6.45) is 4.24. The number of hydrogen-bond acceptors (Lipinski definition) is 3. The molecule has 0 amide bonds. The standard InChI is InChI=1S/C51H36N2OS/c52-51-49(27-26-48-50(51)44-30-36(23-25-47(44)54-48)42-29-35-10-4-5-13-38(35)39-14-6-7-15-40(39)42)55-31-32-18-20-33(21-19-32)34-22-24-46-43(28-34)41-16-8-9-17-45(41)53(46)37-11-2-1-3-12-37/h1-30,48,50H,31,52H2. The predicted molar refractivity (Wildman–Crippen MR) is 232 cm³/mol. The Morgan fingerprint density at radius 2 is 1.25 bits per heavy atom. The molecule has 55 heavy (non-hydrogen) atoms. The third kappa shape index (κ3) is 5.28. The van der Waals surface area contributed by atoms with E-state index in [-0.39, 0.29) is 12.0 Å². The van der Waals surface area contributed by atoms with E-state index in [1.54, 1.807) is 11.8 Å². The maximum atomic E-state index is 7.05. The molecular weight excluding hydrogens is 689 g/mol. The lowest BCUT2D eigenvalue weighted by molar-refractivity contribution is 0.264. The molecule has 4 heteroatoms. The van der Waals surface area contributed by atoms with Gasteiger partial charge < -0.3 is 15.0 Å². The number of thioether (sulfide) groups is 1. The van der Waals surface area contributed by atoms with E-state index in [0.29, 0.717) is 0 Å². The Morgan fingerprint density at radius 3 is 2.11 bits per heavy atom. The Kier molecular flexibility index (Phi) is 7.46. The average molecular weight is 725 g/mol. The fourth-order valence-electron chi connectivity index (χ4n) is 8.77. The zero-order chi connectivity index (χ0) is 36.5. The number of ether oxygens (including phenoxy) is 1. The molecule has 1 aromatic heterocycles. The zero-order valence-electron chi connectivity index (χ0n) is 30.0. The van der Waals surface area contributed by atoms with Crippen molar-refractivity contribution in [2.24, 2.45) is 5.73 Å². The molecule has 2 unspecified atom stereocenters. The minimum Gasteiger partial charge on any atom is -0.485 e. The number of allylic oxidation sites excluding steroid dienone is 1. The van der Waals surface area contributed by atoms with Gasteiger partial charge in [0.05, 0.1) is 17.0 Å². The summed E-state index contributed by atoms with van der Waals surface area (Å²) in [5.74, 6) is 1.73.